The molecule has 0 aliphatic heterocycles. The molecule has 2 amide bonds. The van der Waals surface area contributed by atoms with Crippen LogP contribution >= 0.6 is 23.6 Å². The van der Waals surface area contributed by atoms with Crippen molar-refractivity contribution in [2.75, 3.05) is 17.3 Å². The molecular weight excluding hydrogens is 468 g/mol. The standard InChI is InChI=1S/C24H30N6O2S2/c1-13-8-17(12-25-10-13)29-30-24(33)27-16-6-7-19-18(9-16)20(22(32)26-11-14-2-3-14)23(34-19)28-21(31)15-4-5-15/h8,10,12,14-16,29H,2-7,9,11H2,1H3,(H,26,32)(H,28,31)(H2,27,30,33)/t16-/m0/s1. The zero-order chi connectivity index (χ0) is 23.7. The zero-order valence-electron chi connectivity index (χ0n) is 19.2. The Balaban J connectivity index is 1.25. The van der Waals surface area contributed by atoms with Crippen LogP contribution in [-0.2, 0) is 17.6 Å². The molecule has 2 heterocycles. The summed E-state index contributed by atoms with van der Waals surface area (Å²) in [6.45, 7) is 2.68. The number of nitrogens with zero attached hydrogens (tertiary/aromatic N) is 1. The van der Waals surface area contributed by atoms with Gasteiger partial charge in [-0.05, 0) is 87.2 Å². The molecule has 0 radical (unpaired) electrons. The lowest BCUT2D eigenvalue weighted by Gasteiger charge is -2.25. The summed E-state index contributed by atoms with van der Waals surface area (Å²) in [5, 5.41) is 10.7. The second kappa shape index (κ2) is 9.87. The van der Waals surface area contributed by atoms with Gasteiger partial charge in [-0.25, -0.2) is 0 Å². The number of thiocarbonyl (C=S) groups is 1. The Morgan fingerprint density at radius 1 is 1.18 bits per heavy atom. The van der Waals surface area contributed by atoms with Crippen LogP contribution in [0.2, 0.25) is 0 Å². The molecule has 2 aromatic heterocycles. The van der Waals surface area contributed by atoms with Gasteiger partial charge in [-0.2, -0.15) is 0 Å². The van der Waals surface area contributed by atoms with E-state index in [9.17, 15) is 9.59 Å². The van der Waals surface area contributed by atoms with Gasteiger partial charge in [0.1, 0.15) is 5.00 Å². The van der Waals surface area contributed by atoms with Crippen molar-refractivity contribution in [3.63, 3.8) is 0 Å². The lowest BCUT2D eigenvalue weighted by Crippen LogP contribution is -2.46. The molecular formula is C24H30N6O2S2. The molecule has 8 nitrogen and oxygen atoms in total. The summed E-state index contributed by atoms with van der Waals surface area (Å²) < 4.78 is 0. The number of aromatic nitrogens is 1. The van der Waals surface area contributed by atoms with E-state index in [2.05, 4.69) is 31.8 Å². The number of hydrazine groups is 1. The number of thiophene rings is 1. The Labute approximate surface area is 208 Å². The van der Waals surface area contributed by atoms with Crippen molar-refractivity contribution in [3.05, 3.63) is 40.0 Å². The van der Waals surface area contributed by atoms with Gasteiger partial charge < -0.3 is 16.0 Å². The number of pyridine rings is 1. The molecule has 2 fully saturated rings. The average Bonchev–Trinajstić information content (AvgIpc) is 3.73. The molecule has 34 heavy (non-hydrogen) atoms. The summed E-state index contributed by atoms with van der Waals surface area (Å²) in [7, 11) is 0. The Kier molecular flexibility index (Phi) is 6.69. The fourth-order valence-corrected chi connectivity index (χ4v) is 5.68. The van der Waals surface area contributed by atoms with E-state index in [-0.39, 0.29) is 23.8 Å². The first-order valence-corrected chi connectivity index (χ1v) is 13.2. The van der Waals surface area contributed by atoms with Crippen LogP contribution in [0.4, 0.5) is 10.7 Å². The normalized spacial score (nSPS) is 19.0. The minimum atomic E-state index is -0.0783. The number of aryl methyl sites for hydroxylation is 2. The highest BCUT2D eigenvalue weighted by atomic mass is 32.1. The fourth-order valence-electron chi connectivity index (χ4n) is 4.22. The van der Waals surface area contributed by atoms with Gasteiger partial charge in [-0.15, -0.1) is 11.3 Å². The number of hydrogen-bond donors (Lipinski definition) is 5. The van der Waals surface area contributed by atoms with Gasteiger partial charge in [-0.1, -0.05) is 0 Å². The minimum Gasteiger partial charge on any atom is -0.358 e. The van der Waals surface area contributed by atoms with Crippen molar-refractivity contribution < 1.29 is 9.59 Å². The average molecular weight is 499 g/mol. The van der Waals surface area contributed by atoms with Crippen molar-refractivity contribution in [3.8, 4) is 0 Å². The minimum absolute atomic E-state index is 0.0339. The monoisotopic (exact) mass is 498 g/mol. The Morgan fingerprint density at radius 2 is 2.00 bits per heavy atom. The topological polar surface area (TPSA) is 107 Å². The van der Waals surface area contributed by atoms with Gasteiger partial charge in [-0.3, -0.25) is 25.4 Å². The van der Waals surface area contributed by atoms with Gasteiger partial charge in [0.15, 0.2) is 5.11 Å². The maximum absolute atomic E-state index is 13.2. The summed E-state index contributed by atoms with van der Waals surface area (Å²) in [5.74, 6) is 0.643. The van der Waals surface area contributed by atoms with Crippen molar-refractivity contribution >= 4 is 51.2 Å². The van der Waals surface area contributed by atoms with Crippen molar-refractivity contribution in [1.29, 1.82) is 0 Å². The number of nitrogens with one attached hydrogen (secondary N) is 5. The molecule has 10 heteroatoms. The number of anilines is 2. The number of carbonyl (C=O) groups excluding carboxylic acids is 2. The molecule has 0 aromatic carbocycles. The summed E-state index contributed by atoms with van der Waals surface area (Å²) in [4.78, 5) is 31.0. The number of rotatable bonds is 8. The quantitative estimate of drug-likeness (QED) is 0.281. The van der Waals surface area contributed by atoms with E-state index >= 15 is 0 Å². The highest BCUT2D eigenvalue weighted by Crippen LogP contribution is 2.40. The molecule has 180 valence electrons. The lowest BCUT2D eigenvalue weighted by atomic mass is 9.91. The van der Waals surface area contributed by atoms with Crippen molar-refractivity contribution in [2.45, 2.75) is 57.9 Å². The third kappa shape index (κ3) is 5.67. The lowest BCUT2D eigenvalue weighted by molar-refractivity contribution is -0.117. The Bertz CT molecular complexity index is 1110. The van der Waals surface area contributed by atoms with Crippen LogP contribution in [0.1, 0.15) is 58.5 Å². The van der Waals surface area contributed by atoms with Crippen LogP contribution in [0.25, 0.3) is 0 Å². The predicted molar refractivity (Wildman–Crippen MR) is 138 cm³/mol. The number of carbonyl (C=O) groups is 2. The first-order valence-electron chi connectivity index (χ1n) is 11.9. The summed E-state index contributed by atoms with van der Waals surface area (Å²) in [6, 6.07) is 2.08. The van der Waals surface area contributed by atoms with E-state index in [4.69, 9.17) is 12.2 Å². The van der Waals surface area contributed by atoms with Crippen LogP contribution in [0.3, 0.4) is 0 Å². The molecule has 3 aliphatic rings. The second-order valence-electron chi connectivity index (χ2n) is 9.54. The predicted octanol–water partition coefficient (Wildman–Crippen LogP) is 3.29. The zero-order valence-corrected chi connectivity index (χ0v) is 20.8. The van der Waals surface area contributed by atoms with Crippen LogP contribution in [0.5, 0.6) is 0 Å². The maximum atomic E-state index is 13.2. The maximum Gasteiger partial charge on any atom is 0.254 e. The van der Waals surface area contributed by atoms with E-state index in [1.165, 1.54) is 17.7 Å². The third-order valence-electron chi connectivity index (χ3n) is 6.45. The van der Waals surface area contributed by atoms with Gasteiger partial charge in [0, 0.05) is 29.6 Å². The van der Waals surface area contributed by atoms with E-state index in [1.54, 1.807) is 23.7 Å². The highest BCUT2D eigenvalue weighted by molar-refractivity contribution is 7.80. The number of fused-ring (bicyclic) bond motifs is 1. The molecule has 0 saturated heterocycles. The summed E-state index contributed by atoms with van der Waals surface area (Å²) >= 11 is 7.04. The van der Waals surface area contributed by atoms with E-state index in [0.29, 0.717) is 34.6 Å². The Morgan fingerprint density at radius 3 is 2.74 bits per heavy atom. The van der Waals surface area contributed by atoms with Gasteiger partial charge in [0.25, 0.3) is 5.91 Å². The van der Waals surface area contributed by atoms with Crippen LogP contribution in [-0.4, -0.2) is 34.5 Å². The largest absolute Gasteiger partial charge is 0.358 e. The van der Waals surface area contributed by atoms with E-state index in [1.807, 2.05) is 13.0 Å². The molecule has 0 spiro atoms. The first kappa shape index (κ1) is 23.0. The summed E-state index contributed by atoms with van der Waals surface area (Å²) in [6.07, 6.45) is 10.2. The van der Waals surface area contributed by atoms with Crippen LogP contribution in [0, 0.1) is 18.8 Å². The molecule has 0 bridgehead atoms. The van der Waals surface area contributed by atoms with Gasteiger partial charge in [0.05, 0.1) is 17.4 Å². The molecule has 3 aliphatic carbocycles. The van der Waals surface area contributed by atoms with Gasteiger partial charge >= 0.3 is 0 Å². The SMILES string of the molecule is Cc1cncc(NNC(=S)N[C@H]2CCc3sc(NC(=O)C4CC4)c(C(=O)NCC4CC4)c3C2)c1. The molecule has 2 saturated carbocycles. The van der Waals surface area contributed by atoms with Crippen molar-refractivity contribution in [2.24, 2.45) is 11.8 Å². The van der Waals surface area contributed by atoms with Crippen LogP contribution in [0.15, 0.2) is 18.5 Å². The molecule has 2 aromatic rings. The molecule has 0 unspecified atom stereocenters. The van der Waals surface area contributed by atoms with Crippen LogP contribution < -0.4 is 26.8 Å². The molecule has 5 N–H and O–H groups in total. The smallest absolute Gasteiger partial charge is 0.254 e. The number of amides is 2. The molecule has 5 rings (SSSR count). The number of hydrogen-bond acceptors (Lipinski definition) is 6. The van der Waals surface area contributed by atoms with E-state index in [0.717, 1.165) is 42.5 Å². The van der Waals surface area contributed by atoms with Gasteiger partial charge in [0.2, 0.25) is 5.91 Å². The van der Waals surface area contributed by atoms with E-state index < -0.39 is 0 Å². The third-order valence-corrected chi connectivity index (χ3v) is 7.88. The fraction of sp³-hybridized carbons (Fsp3) is 0.500. The Hall–Kier alpha value is -2.72. The first-order chi connectivity index (χ1) is 16.5. The molecule has 1 atom stereocenters. The highest BCUT2D eigenvalue weighted by Gasteiger charge is 2.34. The van der Waals surface area contributed by atoms with Crippen molar-refractivity contribution in [1.82, 2.24) is 21.0 Å². The summed E-state index contributed by atoms with van der Waals surface area (Å²) in [5.41, 5.74) is 9.66. The second-order valence-corrected chi connectivity index (χ2v) is 11.1.